The lowest BCUT2D eigenvalue weighted by Crippen LogP contribution is -2.58. The normalized spacial score (nSPS) is 18.4. The SMILES string of the molecule is CC1(NC(=O)N(CCC(=O)O)C(C)(C)C)CCOCC1. The van der Waals surface area contributed by atoms with Gasteiger partial charge in [0, 0.05) is 30.8 Å². The number of carbonyl (C=O) groups excluding carboxylic acids is 1. The highest BCUT2D eigenvalue weighted by molar-refractivity contribution is 5.76. The van der Waals surface area contributed by atoms with E-state index in [1.54, 1.807) is 4.90 Å². The van der Waals surface area contributed by atoms with E-state index in [4.69, 9.17) is 9.84 Å². The predicted octanol–water partition coefficient (Wildman–Crippen LogP) is 1.84. The molecular weight excluding hydrogens is 260 g/mol. The van der Waals surface area contributed by atoms with Crippen molar-refractivity contribution in [3.8, 4) is 0 Å². The summed E-state index contributed by atoms with van der Waals surface area (Å²) in [6, 6.07) is -0.205. The number of hydrogen-bond acceptors (Lipinski definition) is 3. The first-order valence-electron chi connectivity index (χ1n) is 7.03. The monoisotopic (exact) mass is 286 g/mol. The van der Waals surface area contributed by atoms with Gasteiger partial charge in [-0.05, 0) is 40.5 Å². The van der Waals surface area contributed by atoms with Gasteiger partial charge < -0.3 is 20.1 Å². The second kappa shape index (κ2) is 6.43. The molecule has 1 fully saturated rings. The van der Waals surface area contributed by atoms with Crippen LogP contribution in [0.25, 0.3) is 0 Å². The molecule has 1 aliphatic rings. The van der Waals surface area contributed by atoms with Gasteiger partial charge in [-0.15, -0.1) is 0 Å². The van der Waals surface area contributed by atoms with Crippen LogP contribution in [-0.2, 0) is 9.53 Å². The smallest absolute Gasteiger partial charge is 0.318 e. The van der Waals surface area contributed by atoms with E-state index < -0.39 is 11.5 Å². The molecule has 0 aromatic rings. The van der Waals surface area contributed by atoms with E-state index >= 15 is 0 Å². The fourth-order valence-corrected chi connectivity index (χ4v) is 2.22. The van der Waals surface area contributed by atoms with Gasteiger partial charge in [-0.2, -0.15) is 0 Å². The molecule has 1 aliphatic heterocycles. The Morgan fingerprint density at radius 1 is 1.30 bits per heavy atom. The summed E-state index contributed by atoms with van der Waals surface area (Å²) in [6.07, 6.45) is 1.50. The molecule has 2 N–H and O–H groups in total. The summed E-state index contributed by atoms with van der Waals surface area (Å²) in [5.74, 6) is -0.899. The quantitative estimate of drug-likeness (QED) is 0.826. The van der Waals surface area contributed by atoms with E-state index in [1.165, 1.54) is 0 Å². The maximum atomic E-state index is 12.5. The van der Waals surface area contributed by atoms with E-state index in [0.29, 0.717) is 13.2 Å². The number of aliphatic carboxylic acids is 1. The second-order valence-electron chi connectivity index (χ2n) is 6.57. The maximum absolute atomic E-state index is 12.5. The van der Waals surface area contributed by atoms with Crippen LogP contribution in [0.5, 0.6) is 0 Å². The molecule has 0 aliphatic carbocycles. The van der Waals surface area contributed by atoms with E-state index in [1.807, 2.05) is 27.7 Å². The molecule has 0 saturated carbocycles. The Morgan fingerprint density at radius 3 is 2.30 bits per heavy atom. The van der Waals surface area contributed by atoms with Crippen molar-refractivity contribution in [2.45, 2.75) is 58.0 Å². The van der Waals surface area contributed by atoms with Crippen molar-refractivity contribution in [1.29, 1.82) is 0 Å². The summed E-state index contributed by atoms with van der Waals surface area (Å²) in [4.78, 5) is 24.8. The number of urea groups is 1. The van der Waals surface area contributed by atoms with Crippen LogP contribution in [0.4, 0.5) is 4.79 Å². The Kier molecular flexibility index (Phi) is 5.39. The van der Waals surface area contributed by atoms with Crippen LogP contribution < -0.4 is 5.32 Å². The topological polar surface area (TPSA) is 78.9 Å². The molecule has 0 atom stereocenters. The Balaban J connectivity index is 2.69. The maximum Gasteiger partial charge on any atom is 0.318 e. The third kappa shape index (κ3) is 5.00. The van der Waals surface area contributed by atoms with E-state index in [2.05, 4.69) is 5.32 Å². The van der Waals surface area contributed by atoms with Crippen LogP contribution in [0, 0.1) is 0 Å². The fourth-order valence-electron chi connectivity index (χ4n) is 2.22. The average Bonchev–Trinajstić information content (AvgIpc) is 2.26. The van der Waals surface area contributed by atoms with Crippen LogP contribution >= 0.6 is 0 Å². The number of nitrogens with one attached hydrogen (secondary N) is 1. The van der Waals surface area contributed by atoms with Crippen molar-refractivity contribution in [2.75, 3.05) is 19.8 Å². The molecule has 6 heteroatoms. The van der Waals surface area contributed by atoms with E-state index in [-0.39, 0.29) is 24.5 Å². The zero-order valence-electron chi connectivity index (χ0n) is 12.9. The Labute approximate surface area is 120 Å². The Hall–Kier alpha value is -1.30. The number of ether oxygens (including phenoxy) is 1. The third-order valence-electron chi connectivity index (χ3n) is 3.61. The van der Waals surface area contributed by atoms with Crippen molar-refractivity contribution in [3.05, 3.63) is 0 Å². The lowest BCUT2D eigenvalue weighted by molar-refractivity contribution is -0.137. The number of nitrogens with zero attached hydrogens (tertiary/aromatic N) is 1. The molecule has 20 heavy (non-hydrogen) atoms. The predicted molar refractivity (Wildman–Crippen MR) is 75.7 cm³/mol. The minimum Gasteiger partial charge on any atom is -0.481 e. The third-order valence-corrected chi connectivity index (χ3v) is 3.61. The standard InChI is InChI=1S/C14H26N2O4/c1-13(2,3)16(8-5-11(17)18)12(19)15-14(4)6-9-20-10-7-14/h5-10H2,1-4H3,(H,15,19)(H,17,18). The van der Waals surface area contributed by atoms with Crippen LogP contribution in [0.15, 0.2) is 0 Å². The number of carboxylic acids is 1. The molecule has 1 rings (SSSR count). The summed E-state index contributed by atoms with van der Waals surface area (Å²) in [5, 5.41) is 11.8. The highest BCUT2D eigenvalue weighted by atomic mass is 16.5. The van der Waals surface area contributed by atoms with Gasteiger partial charge in [0.15, 0.2) is 0 Å². The van der Waals surface area contributed by atoms with Crippen LogP contribution in [0.1, 0.15) is 47.0 Å². The zero-order valence-corrected chi connectivity index (χ0v) is 12.9. The molecular formula is C14H26N2O4. The number of rotatable bonds is 4. The van der Waals surface area contributed by atoms with Crippen LogP contribution in [0.3, 0.4) is 0 Å². The fraction of sp³-hybridized carbons (Fsp3) is 0.857. The Morgan fingerprint density at radius 2 is 1.85 bits per heavy atom. The highest BCUT2D eigenvalue weighted by Gasteiger charge is 2.34. The first-order valence-corrected chi connectivity index (χ1v) is 7.03. The van der Waals surface area contributed by atoms with E-state index in [0.717, 1.165) is 12.8 Å². The van der Waals surface area contributed by atoms with Gasteiger partial charge >= 0.3 is 12.0 Å². The summed E-state index contributed by atoms with van der Waals surface area (Å²) in [7, 11) is 0. The van der Waals surface area contributed by atoms with Gasteiger partial charge in [0.05, 0.1) is 6.42 Å². The second-order valence-corrected chi connectivity index (χ2v) is 6.57. The summed E-state index contributed by atoms with van der Waals surface area (Å²) in [5.41, 5.74) is -0.691. The summed E-state index contributed by atoms with van der Waals surface area (Å²) < 4.78 is 5.31. The van der Waals surface area contributed by atoms with Crippen molar-refractivity contribution in [1.82, 2.24) is 10.2 Å². The first-order chi connectivity index (χ1) is 9.14. The summed E-state index contributed by atoms with van der Waals surface area (Å²) in [6.45, 7) is 9.20. The number of carbonyl (C=O) groups is 2. The molecule has 116 valence electrons. The minimum absolute atomic E-state index is 0.0511. The molecule has 0 aromatic heterocycles. The van der Waals surface area contributed by atoms with Crippen molar-refractivity contribution < 1.29 is 19.4 Å². The lowest BCUT2D eigenvalue weighted by Gasteiger charge is -2.40. The number of amides is 2. The highest BCUT2D eigenvalue weighted by Crippen LogP contribution is 2.22. The van der Waals surface area contributed by atoms with Crippen molar-refractivity contribution >= 4 is 12.0 Å². The first kappa shape index (κ1) is 16.8. The lowest BCUT2D eigenvalue weighted by atomic mass is 9.92. The molecule has 6 nitrogen and oxygen atoms in total. The molecule has 0 radical (unpaired) electrons. The Bertz CT molecular complexity index is 357. The van der Waals surface area contributed by atoms with Crippen LogP contribution in [-0.4, -0.2) is 52.8 Å². The average molecular weight is 286 g/mol. The molecule has 1 saturated heterocycles. The molecule has 1 heterocycles. The van der Waals surface area contributed by atoms with Gasteiger partial charge in [-0.25, -0.2) is 4.79 Å². The van der Waals surface area contributed by atoms with Gasteiger partial charge in [-0.3, -0.25) is 4.79 Å². The molecule has 0 aromatic carbocycles. The number of carboxylic acid groups (broad SMARTS) is 1. The minimum atomic E-state index is -0.899. The van der Waals surface area contributed by atoms with E-state index in [9.17, 15) is 9.59 Å². The van der Waals surface area contributed by atoms with Gasteiger partial charge in [0.2, 0.25) is 0 Å². The molecule has 0 unspecified atom stereocenters. The number of hydrogen-bond donors (Lipinski definition) is 2. The molecule has 2 amide bonds. The van der Waals surface area contributed by atoms with Crippen LogP contribution in [0.2, 0.25) is 0 Å². The van der Waals surface area contributed by atoms with Crippen molar-refractivity contribution in [3.63, 3.8) is 0 Å². The molecule has 0 bridgehead atoms. The molecule has 0 spiro atoms. The van der Waals surface area contributed by atoms with Gasteiger partial charge in [-0.1, -0.05) is 0 Å². The van der Waals surface area contributed by atoms with Gasteiger partial charge in [0.1, 0.15) is 0 Å². The van der Waals surface area contributed by atoms with Crippen molar-refractivity contribution in [2.24, 2.45) is 0 Å². The largest absolute Gasteiger partial charge is 0.481 e. The zero-order chi connectivity index (χ0) is 15.4. The summed E-state index contributed by atoms with van der Waals surface area (Å²) >= 11 is 0. The van der Waals surface area contributed by atoms with Gasteiger partial charge in [0.25, 0.3) is 0 Å².